The molecule has 0 aromatic heterocycles. The molecule has 1 fully saturated rings. The lowest BCUT2D eigenvalue weighted by molar-refractivity contribution is 0.00820. The van der Waals surface area contributed by atoms with Crippen LogP contribution in [0, 0.1) is 6.57 Å². The third kappa shape index (κ3) is 3.41. The molecule has 0 unspecified atom stereocenters. The number of likely N-dealkylation sites (tertiary alicyclic amines) is 1. The smallest absolute Gasteiger partial charge is 0.410 e. The second-order valence-electron chi connectivity index (χ2n) is 4.83. The fourth-order valence-electron chi connectivity index (χ4n) is 1.55. The van der Waals surface area contributed by atoms with Gasteiger partial charge in [0.05, 0.1) is 0 Å². The van der Waals surface area contributed by atoms with Gasteiger partial charge in [0, 0.05) is 25.9 Å². The van der Waals surface area contributed by atoms with Gasteiger partial charge in [-0.3, -0.25) is 0 Å². The van der Waals surface area contributed by atoms with Crippen LogP contribution in [-0.2, 0) is 4.74 Å². The molecule has 0 aromatic carbocycles. The molecule has 4 nitrogen and oxygen atoms in total. The van der Waals surface area contributed by atoms with Crippen LogP contribution in [0.3, 0.4) is 0 Å². The van der Waals surface area contributed by atoms with E-state index < -0.39 is 5.60 Å². The topological polar surface area (TPSA) is 33.9 Å². The number of amides is 1. The van der Waals surface area contributed by atoms with E-state index in [0.717, 1.165) is 19.3 Å². The molecule has 0 atom stereocenters. The Kier molecular flexibility index (Phi) is 4.17. The van der Waals surface area contributed by atoms with E-state index in [-0.39, 0.29) is 12.1 Å². The average Bonchev–Trinajstić information content (AvgIpc) is 2.28. The second kappa shape index (κ2) is 5.20. The van der Waals surface area contributed by atoms with Gasteiger partial charge in [0.15, 0.2) is 0 Å². The van der Waals surface area contributed by atoms with E-state index in [1.165, 1.54) is 0 Å². The van der Waals surface area contributed by atoms with Gasteiger partial charge in [-0.05, 0) is 20.3 Å². The standard InChI is InChI=1S/C12H20N2O2/c1-5-12(2,3)16-11(15)14-8-6-10(13-4)7-9-14/h10H,5-9H2,1-3H3. The van der Waals surface area contributed by atoms with E-state index in [1.807, 2.05) is 20.8 Å². The first-order chi connectivity index (χ1) is 7.48. The largest absolute Gasteiger partial charge is 0.443 e. The van der Waals surface area contributed by atoms with Crippen LogP contribution in [0.5, 0.6) is 0 Å². The van der Waals surface area contributed by atoms with Gasteiger partial charge < -0.3 is 14.5 Å². The molecule has 0 bridgehead atoms. The van der Waals surface area contributed by atoms with Gasteiger partial charge in [0.2, 0.25) is 6.04 Å². The lowest BCUT2D eigenvalue weighted by atomic mass is 10.1. The van der Waals surface area contributed by atoms with Crippen LogP contribution < -0.4 is 0 Å². The number of nitrogens with zero attached hydrogens (tertiary/aromatic N) is 2. The summed E-state index contributed by atoms with van der Waals surface area (Å²) in [5.41, 5.74) is -0.395. The number of ether oxygens (including phenoxy) is 1. The second-order valence-corrected chi connectivity index (χ2v) is 4.83. The molecule has 0 spiro atoms. The molecule has 90 valence electrons. The Balaban J connectivity index is 2.43. The van der Waals surface area contributed by atoms with Gasteiger partial charge in [-0.15, -0.1) is 0 Å². The van der Waals surface area contributed by atoms with Crippen molar-refractivity contribution in [2.45, 2.75) is 51.7 Å². The number of hydrogen-bond acceptors (Lipinski definition) is 2. The van der Waals surface area contributed by atoms with Crippen LogP contribution in [0.2, 0.25) is 0 Å². The Labute approximate surface area is 97.4 Å². The molecule has 1 aliphatic heterocycles. The minimum absolute atomic E-state index is 0.0863. The van der Waals surface area contributed by atoms with Crippen molar-refractivity contribution in [3.63, 3.8) is 0 Å². The predicted octanol–water partition coefficient (Wildman–Crippen LogP) is 2.70. The molecule has 0 N–H and O–H groups in total. The van der Waals surface area contributed by atoms with Crippen LogP contribution in [0.15, 0.2) is 0 Å². The Morgan fingerprint density at radius 1 is 1.50 bits per heavy atom. The van der Waals surface area contributed by atoms with Crippen molar-refractivity contribution in [2.24, 2.45) is 0 Å². The van der Waals surface area contributed by atoms with E-state index >= 15 is 0 Å². The van der Waals surface area contributed by atoms with Crippen molar-refractivity contribution in [3.05, 3.63) is 11.4 Å². The molecular formula is C12H20N2O2. The third-order valence-electron chi connectivity index (χ3n) is 3.12. The van der Waals surface area contributed by atoms with Gasteiger partial charge in [-0.1, -0.05) is 6.92 Å². The maximum Gasteiger partial charge on any atom is 0.410 e. The van der Waals surface area contributed by atoms with Crippen LogP contribution in [0.4, 0.5) is 4.79 Å². The molecular weight excluding hydrogens is 204 g/mol. The zero-order valence-electron chi connectivity index (χ0n) is 10.3. The quantitative estimate of drug-likeness (QED) is 0.676. The van der Waals surface area contributed by atoms with Crippen molar-refractivity contribution < 1.29 is 9.53 Å². The highest BCUT2D eigenvalue weighted by atomic mass is 16.6. The average molecular weight is 224 g/mol. The van der Waals surface area contributed by atoms with Crippen LogP contribution in [0.25, 0.3) is 4.85 Å². The van der Waals surface area contributed by atoms with E-state index in [0.29, 0.717) is 13.1 Å². The molecule has 1 amide bonds. The van der Waals surface area contributed by atoms with Gasteiger partial charge in [-0.25, -0.2) is 11.4 Å². The molecule has 1 heterocycles. The van der Waals surface area contributed by atoms with Crippen molar-refractivity contribution in [1.29, 1.82) is 0 Å². The lowest BCUT2D eigenvalue weighted by Gasteiger charge is -2.31. The van der Waals surface area contributed by atoms with Gasteiger partial charge in [0.1, 0.15) is 5.60 Å². The first kappa shape index (κ1) is 12.8. The summed E-state index contributed by atoms with van der Waals surface area (Å²) in [6.45, 7) is 14.0. The zero-order chi connectivity index (χ0) is 12.2. The fourth-order valence-corrected chi connectivity index (χ4v) is 1.55. The van der Waals surface area contributed by atoms with E-state index in [2.05, 4.69) is 4.85 Å². The van der Waals surface area contributed by atoms with Crippen LogP contribution >= 0.6 is 0 Å². The highest BCUT2D eigenvalue weighted by Crippen LogP contribution is 2.19. The first-order valence-corrected chi connectivity index (χ1v) is 5.83. The molecule has 0 saturated carbocycles. The fraction of sp³-hybridized carbons (Fsp3) is 0.833. The maximum absolute atomic E-state index is 11.8. The summed E-state index contributed by atoms with van der Waals surface area (Å²) in [4.78, 5) is 17.0. The normalized spacial score (nSPS) is 18.0. The van der Waals surface area contributed by atoms with Crippen molar-refractivity contribution in [2.75, 3.05) is 13.1 Å². The third-order valence-corrected chi connectivity index (χ3v) is 3.12. The Morgan fingerprint density at radius 2 is 2.06 bits per heavy atom. The summed E-state index contributed by atoms with van der Waals surface area (Å²) in [7, 11) is 0. The van der Waals surface area contributed by atoms with Crippen LogP contribution in [0.1, 0.15) is 40.0 Å². The summed E-state index contributed by atoms with van der Waals surface area (Å²) in [6, 6.07) is 0.0863. The van der Waals surface area contributed by atoms with Crippen molar-refractivity contribution >= 4 is 6.09 Å². The molecule has 0 aliphatic carbocycles. The van der Waals surface area contributed by atoms with E-state index in [1.54, 1.807) is 4.90 Å². The molecule has 4 heteroatoms. The lowest BCUT2D eigenvalue weighted by Crippen LogP contribution is -2.42. The first-order valence-electron chi connectivity index (χ1n) is 5.83. The van der Waals surface area contributed by atoms with Gasteiger partial charge in [-0.2, -0.15) is 0 Å². The highest BCUT2D eigenvalue weighted by molar-refractivity contribution is 5.68. The molecule has 1 rings (SSSR count). The van der Waals surface area contributed by atoms with Crippen molar-refractivity contribution in [3.8, 4) is 0 Å². The number of rotatable bonds is 2. The summed E-state index contributed by atoms with van der Waals surface area (Å²) in [6.07, 6.45) is 2.10. The molecule has 1 saturated heterocycles. The zero-order valence-corrected chi connectivity index (χ0v) is 10.3. The van der Waals surface area contributed by atoms with Gasteiger partial charge in [0.25, 0.3) is 0 Å². The summed E-state index contributed by atoms with van der Waals surface area (Å²) >= 11 is 0. The number of piperidine rings is 1. The summed E-state index contributed by atoms with van der Waals surface area (Å²) in [5, 5.41) is 0. The molecule has 0 radical (unpaired) electrons. The number of carbonyl (C=O) groups excluding carboxylic acids is 1. The van der Waals surface area contributed by atoms with Crippen molar-refractivity contribution in [1.82, 2.24) is 4.90 Å². The number of hydrogen-bond donors (Lipinski definition) is 0. The summed E-state index contributed by atoms with van der Waals surface area (Å²) in [5.74, 6) is 0. The van der Waals surface area contributed by atoms with Gasteiger partial charge >= 0.3 is 6.09 Å². The monoisotopic (exact) mass is 224 g/mol. The Hall–Kier alpha value is -1.24. The minimum Gasteiger partial charge on any atom is -0.443 e. The molecule has 16 heavy (non-hydrogen) atoms. The molecule has 0 aromatic rings. The molecule has 1 aliphatic rings. The SMILES string of the molecule is [C-]#[N+]C1CCN(C(=O)OC(C)(C)CC)CC1. The predicted molar refractivity (Wildman–Crippen MR) is 62.0 cm³/mol. The number of carbonyl (C=O) groups is 1. The van der Waals surface area contributed by atoms with E-state index in [4.69, 9.17) is 11.3 Å². The van der Waals surface area contributed by atoms with Crippen LogP contribution in [-0.4, -0.2) is 35.7 Å². The minimum atomic E-state index is -0.395. The summed E-state index contributed by atoms with van der Waals surface area (Å²) < 4.78 is 5.40. The Morgan fingerprint density at radius 3 is 2.50 bits per heavy atom. The highest BCUT2D eigenvalue weighted by Gasteiger charge is 2.29. The Bertz CT molecular complexity index is 286. The van der Waals surface area contributed by atoms with E-state index in [9.17, 15) is 4.79 Å². The maximum atomic E-state index is 11.8.